The van der Waals surface area contributed by atoms with Crippen LogP contribution in [0.5, 0.6) is 0 Å². The quantitative estimate of drug-likeness (QED) is 0.197. The van der Waals surface area contributed by atoms with Crippen LogP contribution in [-0.2, 0) is 5.41 Å². The molecule has 0 atom stereocenters. The fourth-order valence-corrected chi connectivity index (χ4v) is 6.37. The second-order valence-corrected chi connectivity index (χ2v) is 12.7. The summed E-state index contributed by atoms with van der Waals surface area (Å²) in [7, 11) is 0. The Morgan fingerprint density at radius 3 is 1.85 bits per heavy atom. The zero-order valence-corrected chi connectivity index (χ0v) is 25.0. The Hall–Kier alpha value is -3.56. The highest BCUT2D eigenvalue weighted by atomic mass is 35.5. The van der Waals surface area contributed by atoms with E-state index in [0.29, 0.717) is 10.0 Å². The van der Waals surface area contributed by atoms with Gasteiger partial charge in [0.15, 0.2) is 0 Å². The highest BCUT2D eigenvalue weighted by molar-refractivity contribution is 7.17. The summed E-state index contributed by atoms with van der Waals surface area (Å²) in [4.78, 5) is 2.25. The number of anilines is 3. The smallest absolute Gasteiger partial charge is 0.0833 e. The molecule has 40 heavy (non-hydrogen) atoms. The van der Waals surface area contributed by atoms with E-state index in [4.69, 9.17) is 23.2 Å². The number of nitrogens with zero attached hydrogens (tertiary/aromatic N) is 1. The van der Waals surface area contributed by atoms with Crippen molar-refractivity contribution in [2.75, 3.05) is 4.90 Å². The van der Waals surface area contributed by atoms with Gasteiger partial charge in [0.1, 0.15) is 0 Å². The molecular formula is C36H29Cl2NS. The minimum absolute atomic E-state index is 0.0528. The maximum absolute atomic E-state index is 7.03. The van der Waals surface area contributed by atoms with E-state index in [1.165, 1.54) is 26.8 Å². The number of halogens is 2. The van der Waals surface area contributed by atoms with E-state index >= 15 is 0 Å². The first-order valence-corrected chi connectivity index (χ1v) is 14.9. The summed E-state index contributed by atoms with van der Waals surface area (Å²) in [6.45, 7) is 6.70. The van der Waals surface area contributed by atoms with E-state index in [1.54, 1.807) is 11.3 Å². The number of rotatable bonds is 5. The van der Waals surface area contributed by atoms with Gasteiger partial charge in [-0.25, -0.2) is 0 Å². The fourth-order valence-electron chi connectivity index (χ4n) is 5.05. The van der Waals surface area contributed by atoms with Crippen molar-refractivity contribution in [2.24, 2.45) is 0 Å². The van der Waals surface area contributed by atoms with Gasteiger partial charge in [-0.15, -0.1) is 11.3 Å². The number of fused-ring (bicyclic) bond motifs is 1. The summed E-state index contributed by atoms with van der Waals surface area (Å²) >= 11 is 15.6. The standard InChI is InChI=1S/C36H29Cl2NS/c1-36(2,3)28-15-17-29(18-16-28)39(32-22-27(21-31(37)35(32)38)25-12-8-5-9-13-25)33-23-40-34-19-14-26(20-30(33)34)24-10-6-4-7-11-24/h4-23H,1-3H3. The second kappa shape index (κ2) is 10.8. The van der Waals surface area contributed by atoms with Crippen LogP contribution in [0.1, 0.15) is 26.3 Å². The van der Waals surface area contributed by atoms with Gasteiger partial charge in [-0.2, -0.15) is 0 Å². The largest absolute Gasteiger partial charge is 0.307 e. The van der Waals surface area contributed by atoms with E-state index in [9.17, 15) is 0 Å². The molecule has 0 aliphatic carbocycles. The third-order valence-electron chi connectivity index (χ3n) is 7.25. The third-order valence-corrected chi connectivity index (χ3v) is 8.99. The Morgan fingerprint density at radius 2 is 1.23 bits per heavy atom. The highest BCUT2D eigenvalue weighted by Gasteiger charge is 2.23. The summed E-state index contributed by atoms with van der Waals surface area (Å²) < 4.78 is 1.22. The van der Waals surface area contributed by atoms with Gasteiger partial charge in [0.25, 0.3) is 0 Å². The lowest BCUT2D eigenvalue weighted by atomic mass is 9.87. The molecule has 0 saturated heterocycles. The summed E-state index contributed by atoms with van der Waals surface area (Å²) in [6, 6.07) is 40.4. The lowest BCUT2D eigenvalue weighted by Crippen LogP contribution is -2.13. The topological polar surface area (TPSA) is 3.24 Å². The van der Waals surface area contributed by atoms with Crippen LogP contribution in [0.3, 0.4) is 0 Å². The zero-order valence-electron chi connectivity index (χ0n) is 22.7. The van der Waals surface area contributed by atoms with Gasteiger partial charge < -0.3 is 4.90 Å². The van der Waals surface area contributed by atoms with Crippen LogP contribution in [-0.4, -0.2) is 0 Å². The van der Waals surface area contributed by atoms with Gasteiger partial charge in [0, 0.05) is 21.2 Å². The monoisotopic (exact) mass is 577 g/mol. The molecule has 0 bridgehead atoms. The highest BCUT2D eigenvalue weighted by Crippen LogP contribution is 2.48. The lowest BCUT2D eigenvalue weighted by molar-refractivity contribution is 0.590. The maximum Gasteiger partial charge on any atom is 0.0833 e. The molecule has 1 nitrogen and oxygen atoms in total. The van der Waals surface area contributed by atoms with Gasteiger partial charge in [0.05, 0.1) is 21.4 Å². The lowest BCUT2D eigenvalue weighted by Gasteiger charge is -2.28. The van der Waals surface area contributed by atoms with Gasteiger partial charge in [-0.3, -0.25) is 0 Å². The molecule has 1 heterocycles. The van der Waals surface area contributed by atoms with Crippen molar-refractivity contribution >= 4 is 61.7 Å². The molecule has 0 radical (unpaired) electrons. The van der Waals surface area contributed by atoms with Gasteiger partial charge in [0.2, 0.25) is 0 Å². The van der Waals surface area contributed by atoms with Crippen molar-refractivity contribution in [3.63, 3.8) is 0 Å². The van der Waals surface area contributed by atoms with Crippen LogP contribution in [0.2, 0.25) is 10.0 Å². The molecule has 0 unspecified atom stereocenters. The third kappa shape index (κ3) is 5.15. The molecule has 198 valence electrons. The Bertz CT molecular complexity index is 1780. The second-order valence-electron chi connectivity index (χ2n) is 11.0. The van der Waals surface area contributed by atoms with Crippen LogP contribution in [0, 0.1) is 0 Å². The summed E-state index contributed by atoms with van der Waals surface area (Å²) in [5, 5.41) is 4.44. The first-order chi connectivity index (χ1) is 19.3. The zero-order chi connectivity index (χ0) is 27.9. The van der Waals surface area contributed by atoms with Crippen molar-refractivity contribution in [3.05, 3.63) is 136 Å². The Balaban J connectivity index is 1.59. The van der Waals surface area contributed by atoms with Crippen LogP contribution in [0.4, 0.5) is 17.1 Å². The minimum atomic E-state index is 0.0528. The fraction of sp³-hybridized carbons (Fsp3) is 0.111. The molecular weight excluding hydrogens is 549 g/mol. The molecule has 0 aliphatic rings. The SMILES string of the molecule is CC(C)(C)c1ccc(N(c2cc(-c3ccccc3)cc(Cl)c2Cl)c2csc3ccc(-c4ccccc4)cc23)cc1. The molecule has 5 aromatic carbocycles. The number of thiophene rings is 1. The molecule has 0 aliphatic heterocycles. The molecule has 0 N–H and O–H groups in total. The van der Waals surface area contributed by atoms with Crippen LogP contribution < -0.4 is 4.90 Å². The molecule has 0 saturated carbocycles. The average molecular weight is 579 g/mol. The Labute approximate surface area is 250 Å². The molecule has 4 heteroatoms. The number of hydrogen-bond donors (Lipinski definition) is 0. The molecule has 1 aromatic heterocycles. The van der Waals surface area contributed by atoms with E-state index in [0.717, 1.165) is 28.2 Å². The molecule has 6 aromatic rings. The van der Waals surface area contributed by atoms with Gasteiger partial charge in [-0.05, 0) is 69.6 Å². The van der Waals surface area contributed by atoms with Gasteiger partial charge >= 0.3 is 0 Å². The molecule has 0 fully saturated rings. The predicted octanol–water partition coefficient (Wildman–Crippen LogP) is 12.3. The van der Waals surface area contributed by atoms with Crippen LogP contribution >= 0.6 is 34.5 Å². The van der Waals surface area contributed by atoms with Crippen molar-refractivity contribution in [1.82, 2.24) is 0 Å². The van der Waals surface area contributed by atoms with Crippen molar-refractivity contribution in [1.29, 1.82) is 0 Å². The molecule has 6 rings (SSSR count). The van der Waals surface area contributed by atoms with Crippen molar-refractivity contribution < 1.29 is 0 Å². The molecule has 0 spiro atoms. The van der Waals surface area contributed by atoms with E-state index in [2.05, 4.69) is 116 Å². The van der Waals surface area contributed by atoms with E-state index < -0.39 is 0 Å². The summed E-state index contributed by atoms with van der Waals surface area (Å²) in [5.41, 5.74) is 8.76. The normalized spacial score (nSPS) is 11.6. The Morgan fingerprint density at radius 1 is 0.600 bits per heavy atom. The van der Waals surface area contributed by atoms with E-state index in [1.807, 2.05) is 30.3 Å². The maximum atomic E-state index is 7.03. The predicted molar refractivity (Wildman–Crippen MR) is 176 cm³/mol. The first-order valence-electron chi connectivity index (χ1n) is 13.3. The summed E-state index contributed by atoms with van der Waals surface area (Å²) in [5.74, 6) is 0. The van der Waals surface area contributed by atoms with Crippen LogP contribution in [0.25, 0.3) is 32.3 Å². The number of hydrogen-bond acceptors (Lipinski definition) is 2. The average Bonchev–Trinajstić information content (AvgIpc) is 3.39. The minimum Gasteiger partial charge on any atom is -0.307 e. The Kier molecular flexibility index (Phi) is 7.18. The van der Waals surface area contributed by atoms with E-state index in [-0.39, 0.29) is 5.41 Å². The number of benzene rings is 5. The van der Waals surface area contributed by atoms with Crippen molar-refractivity contribution in [3.8, 4) is 22.3 Å². The summed E-state index contributed by atoms with van der Waals surface area (Å²) in [6.07, 6.45) is 0. The van der Waals surface area contributed by atoms with Crippen LogP contribution in [0.15, 0.2) is 121 Å². The first kappa shape index (κ1) is 26.7. The van der Waals surface area contributed by atoms with Crippen molar-refractivity contribution in [2.45, 2.75) is 26.2 Å². The molecule has 0 amide bonds. The van der Waals surface area contributed by atoms with Gasteiger partial charge in [-0.1, -0.05) is 123 Å².